The van der Waals surface area contributed by atoms with E-state index in [0.29, 0.717) is 23.2 Å². The Morgan fingerprint density at radius 1 is 1.56 bits per heavy atom. The molecule has 0 radical (unpaired) electrons. The van der Waals surface area contributed by atoms with Crippen LogP contribution in [0.4, 0.5) is 5.82 Å². The number of nitrogens with zero attached hydrogens (tertiary/aromatic N) is 2. The molecule has 0 aromatic carbocycles. The number of H-pyrrole nitrogens is 1. The van der Waals surface area contributed by atoms with Gasteiger partial charge in [-0.05, 0) is 24.5 Å². The number of aromatic nitrogens is 3. The van der Waals surface area contributed by atoms with Crippen molar-refractivity contribution >= 4 is 11.7 Å². The van der Waals surface area contributed by atoms with Gasteiger partial charge in [0.15, 0.2) is 5.82 Å². The number of nitrogens with one attached hydrogen (secondary N) is 2. The summed E-state index contributed by atoms with van der Waals surface area (Å²) in [7, 11) is 0. The molecule has 92 valence electrons. The molecule has 3 rings (SSSR count). The molecule has 18 heavy (non-hydrogen) atoms. The normalized spacial score (nSPS) is 21.6. The van der Waals surface area contributed by atoms with E-state index >= 15 is 0 Å². The Hall–Kier alpha value is -2.17. The number of amides is 1. The Morgan fingerprint density at radius 3 is 3.06 bits per heavy atom. The fraction of sp³-hybridized carbons (Fsp3) is 0.308. The van der Waals surface area contributed by atoms with Crippen LogP contribution in [0.3, 0.4) is 0 Å². The third-order valence-electron chi connectivity index (χ3n) is 3.27. The zero-order chi connectivity index (χ0) is 12.5. The maximum Gasteiger partial charge on any atom is 0.258 e. The molecule has 0 saturated heterocycles. The van der Waals surface area contributed by atoms with E-state index < -0.39 is 0 Å². The van der Waals surface area contributed by atoms with Crippen LogP contribution in [0.5, 0.6) is 0 Å². The molecule has 0 spiro atoms. The summed E-state index contributed by atoms with van der Waals surface area (Å²) in [6, 6.07) is 5.36. The van der Waals surface area contributed by atoms with Gasteiger partial charge in [-0.15, -0.1) is 0 Å². The van der Waals surface area contributed by atoms with Crippen LogP contribution in [0.15, 0.2) is 30.6 Å². The Balaban J connectivity index is 1.69. The zero-order valence-electron chi connectivity index (χ0n) is 10.1. The standard InChI is InChI=1S/C13H14N4O/c1-8-5-10(8)11-6-12(17-16-11)15-13(18)9-3-2-4-14-7-9/h2-4,6-8,10H,5H2,1H3,(H2,15,16,17,18)/t8-,10-/m0/s1. The lowest BCUT2D eigenvalue weighted by atomic mass is 10.2. The van der Waals surface area contributed by atoms with Crippen molar-refractivity contribution in [3.8, 4) is 0 Å². The van der Waals surface area contributed by atoms with Crippen molar-refractivity contribution in [1.82, 2.24) is 15.2 Å². The predicted octanol–water partition coefficient (Wildman–Crippen LogP) is 2.18. The number of anilines is 1. The van der Waals surface area contributed by atoms with Crippen molar-refractivity contribution in [2.24, 2.45) is 5.92 Å². The average Bonchev–Trinajstić information content (AvgIpc) is 2.94. The summed E-state index contributed by atoms with van der Waals surface area (Å²) in [5.41, 5.74) is 1.63. The summed E-state index contributed by atoms with van der Waals surface area (Å²) < 4.78 is 0. The highest BCUT2D eigenvalue weighted by Gasteiger charge is 2.35. The Morgan fingerprint density at radius 2 is 2.39 bits per heavy atom. The molecule has 1 aliphatic carbocycles. The third kappa shape index (κ3) is 2.11. The molecule has 5 nitrogen and oxygen atoms in total. The molecule has 5 heteroatoms. The quantitative estimate of drug-likeness (QED) is 0.866. The van der Waals surface area contributed by atoms with E-state index in [1.54, 1.807) is 18.3 Å². The predicted molar refractivity (Wildman–Crippen MR) is 67.3 cm³/mol. The highest BCUT2D eigenvalue weighted by molar-refractivity contribution is 6.03. The van der Waals surface area contributed by atoms with Crippen LogP contribution in [0.2, 0.25) is 0 Å². The van der Waals surface area contributed by atoms with E-state index in [1.165, 1.54) is 12.6 Å². The molecule has 2 aromatic heterocycles. The van der Waals surface area contributed by atoms with Crippen LogP contribution < -0.4 is 5.32 Å². The second kappa shape index (κ2) is 4.25. The van der Waals surface area contributed by atoms with Crippen LogP contribution in [-0.2, 0) is 0 Å². The van der Waals surface area contributed by atoms with Gasteiger partial charge in [-0.1, -0.05) is 6.92 Å². The van der Waals surface area contributed by atoms with Crippen molar-refractivity contribution in [3.63, 3.8) is 0 Å². The minimum Gasteiger partial charge on any atom is -0.305 e. The average molecular weight is 242 g/mol. The van der Waals surface area contributed by atoms with Gasteiger partial charge in [0.25, 0.3) is 5.91 Å². The molecule has 0 unspecified atom stereocenters. The fourth-order valence-electron chi connectivity index (χ4n) is 2.03. The van der Waals surface area contributed by atoms with Gasteiger partial charge in [-0.2, -0.15) is 5.10 Å². The van der Waals surface area contributed by atoms with Crippen molar-refractivity contribution in [1.29, 1.82) is 0 Å². The third-order valence-corrected chi connectivity index (χ3v) is 3.27. The second-order valence-electron chi connectivity index (χ2n) is 4.72. The topological polar surface area (TPSA) is 70.7 Å². The lowest BCUT2D eigenvalue weighted by Crippen LogP contribution is -2.12. The van der Waals surface area contributed by atoms with E-state index in [-0.39, 0.29) is 5.91 Å². The monoisotopic (exact) mass is 242 g/mol. The number of hydrogen-bond donors (Lipinski definition) is 2. The summed E-state index contributed by atoms with van der Waals surface area (Å²) in [6.07, 6.45) is 4.36. The summed E-state index contributed by atoms with van der Waals surface area (Å²) in [4.78, 5) is 15.8. The van der Waals surface area contributed by atoms with Crippen molar-refractivity contribution < 1.29 is 4.79 Å². The minimum absolute atomic E-state index is 0.190. The van der Waals surface area contributed by atoms with Crippen molar-refractivity contribution in [2.75, 3.05) is 5.32 Å². The maximum atomic E-state index is 11.9. The molecule has 2 atom stereocenters. The first-order valence-corrected chi connectivity index (χ1v) is 6.00. The van der Waals surface area contributed by atoms with Gasteiger partial charge in [-0.3, -0.25) is 14.9 Å². The summed E-state index contributed by atoms with van der Waals surface area (Å²) in [5.74, 6) is 1.66. The highest BCUT2D eigenvalue weighted by atomic mass is 16.1. The Kier molecular flexibility index (Phi) is 2.59. The van der Waals surface area contributed by atoms with E-state index in [4.69, 9.17) is 0 Å². The molecule has 1 amide bonds. The first-order valence-electron chi connectivity index (χ1n) is 6.00. The summed E-state index contributed by atoms with van der Waals surface area (Å²) >= 11 is 0. The van der Waals surface area contributed by atoms with Crippen LogP contribution in [0.1, 0.15) is 35.3 Å². The first kappa shape index (κ1) is 11.0. The van der Waals surface area contributed by atoms with Gasteiger partial charge >= 0.3 is 0 Å². The van der Waals surface area contributed by atoms with Gasteiger partial charge in [0.05, 0.1) is 5.56 Å². The largest absolute Gasteiger partial charge is 0.305 e. The molecule has 1 saturated carbocycles. The van der Waals surface area contributed by atoms with Gasteiger partial charge in [-0.25, -0.2) is 0 Å². The van der Waals surface area contributed by atoms with E-state index in [0.717, 1.165) is 5.69 Å². The minimum atomic E-state index is -0.190. The zero-order valence-corrected chi connectivity index (χ0v) is 10.1. The lowest BCUT2D eigenvalue weighted by Gasteiger charge is -1.99. The molecule has 2 N–H and O–H groups in total. The Bertz CT molecular complexity index is 563. The number of hydrogen-bond acceptors (Lipinski definition) is 3. The molecule has 1 aliphatic rings. The fourth-order valence-corrected chi connectivity index (χ4v) is 2.03. The maximum absolute atomic E-state index is 11.9. The molecular formula is C13H14N4O. The van der Waals surface area contributed by atoms with Crippen LogP contribution in [0.25, 0.3) is 0 Å². The van der Waals surface area contributed by atoms with E-state index in [2.05, 4.69) is 27.4 Å². The molecule has 2 heterocycles. The molecular weight excluding hydrogens is 228 g/mol. The molecule has 1 fully saturated rings. The molecule has 0 bridgehead atoms. The van der Waals surface area contributed by atoms with E-state index in [9.17, 15) is 4.79 Å². The van der Waals surface area contributed by atoms with Gasteiger partial charge in [0.2, 0.25) is 0 Å². The summed E-state index contributed by atoms with van der Waals surface area (Å²) in [5, 5.41) is 9.83. The Labute approximate surface area is 105 Å². The number of pyridine rings is 1. The number of carbonyl (C=O) groups excluding carboxylic acids is 1. The van der Waals surface area contributed by atoms with Crippen LogP contribution in [-0.4, -0.2) is 21.1 Å². The van der Waals surface area contributed by atoms with Crippen LogP contribution >= 0.6 is 0 Å². The van der Waals surface area contributed by atoms with Crippen molar-refractivity contribution in [2.45, 2.75) is 19.3 Å². The first-order chi connectivity index (χ1) is 8.74. The van der Waals surface area contributed by atoms with Gasteiger partial charge in [0.1, 0.15) is 0 Å². The second-order valence-corrected chi connectivity index (χ2v) is 4.72. The van der Waals surface area contributed by atoms with E-state index in [1.807, 2.05) is 6.07 Å². The number of rotatable bonds is 3. The lowest BCUT2D eigenvalue weighted by molar-refractivity contribution is 0.102. The molecule has 2 aromatic rings. The SMILES string of the molecule is C[C@H]1C[C@@H]1c1cc(NC(=O)c2cccnc2)n[nH]1. The smallest absolute Gasteiger partial charge is 0.258 e. The molecule has 0 aliphatic heterocycles. The number of aromatic amines is 1. The highest BCUT2D eigenvalue weighted by Crippen LogP contribution is 2.46. The van der Waals surface area contributed by atoms with Crippen LogP contribution in [0, 0.1) is 5.92 Å². The van der Waals surface area contributed by atoms with Crippen molar-refractivity contribution in [3.05, 3.63) is 41.9 Å². The van der Waals surface area contributed by atoms with Gasteiger partial charge < -0.3 is 5.32 Å². The van der Waals surface area contributed by atoms with Gasteiger partial charge in [0, 0.05) is 30.1 Å². The number of carbonyl (C=O) groups is 1. The summed E-state index contributed by atoms with van der Waals surface area (Å²) in [6.45, 7) is 2.21.